The van der Waals surface area contributed by atoms with Gasteiger partial charge in [0.1, 0.15) is 0 Å². The molecule has 0 amide bonds. The van der Waals surface area contributed by atoms with Crippen molar-refractivity contribution in [2.24, 2.45) is 11.8 Å². The van der Waals surface area contributed by atoms with E-state index in [1.54, 1.807) is 0 Å². The molecule has 0 heterocycles. The topological polar surface area (TPSA) is 12.0 Å². The average Bonchev–Trinajstić information content (AvgIpc) is 2.31. The summed E-state index contributed by atoms with van der Waals surface area (Å²) >= 11 is 12.4. The average molecular weight is 300 g/mol. The first kappa shape index (κ1) is 16.6. The first-order valence-corrected chi connectivity index (χ1v) is 7.52. The fourth-order valence-corrected chi connectivity index (χ4v) is 2.27. The van der Waals surface area contributed by atoms with E-state index in [0.29, 0.717) is 21.9 Å². The molecule has 0 radical (unpaired) electrons. The zero-order valence-electron chi connectivity index (χ0n) is 12.1. The van der Waals surface area contributed by atoms with Crippen molar-refractivity contribution < 1.29 is 0 Å². The fraction of sp³-hybridized carbons (Fsp3) is 0.500. The second-order valence-corrected chi connectivity index (χ2v) is 6.35. The van der Waals surface area contributed by atoms with Crippen LogP contribution in [0.3, 0.4) is 0 Å². The highest BCUT2D eigenvalue weighted by molar-refractivity contribution is 6.37. The van der Waals surface area contributed by atoms with Gasteiger partial charge in [0.15, 0.2) is 0 Å². The third-order valence-corrected chi connectivity index (χ3v) is 3.61. The molecule has 0 atom stereocenters. The van der Waals surface area contributed by atoms with Crippen molar-refractivity contribution in [1.82, 2.24) is 5.32 Å². The number of hydrogen-bond acceptors (Lipinski definition) is 1. The summed E-state index contributed by atoms with van der Waals surface area (Å²) < 4.78 is 0. The first-order chi connectivity index (χ1) is 8.91. The largest absolute Gasteiger partial charge is 0.313 e. The quantitative estimate of drug-likeness (QED) is 0.754. The maximum Gasteiger partial charge on any atom is 0.0493 e. The predicted octanol–water partition coefficient (Wildman–Crippen LogP) is 5.28. The molecule has 0 aliphatic heterocycles. The number of nitrogens with one attached hydrogen (secondary N) is 1. The molecule has 106 valence electrons. The van der Waals surface area contributed by atoms with Crippen LogP contribution in [0.5, 0.6) is 0 Å². The molecule has 1 rings (SSSR count). The predicted molar refractivity (Wildman–Crippen MR) is 87.0 cm³/mol. The third-order valence-electron chi connectivity index (χ3n) is 2.95. The van der Waals surface area contributed by atoms with Crippen molar-refractivity contribution >= 4 is 29.3 Å². The Kier molecular flexibility index (Phi) is 6.92. The van der Waals surface area contributed by atoms with E-state index < -0.39 is 0 Å². The van der Waals surface area contributed by atoms with Gasteiger partial charge in [0, 0.05) is 22.2 Å². The maximum atomic E-state index is 6.21. The highest BCUT2D eigenvalue weighted by Gasteiger charge is 2.08. The zero-order valence-corrected chi connectivity index (χ0v) is 13.6. The Hall–Kier alpha value is -0.500. The number of halogens is 2. The molecule has 1 N–H and O–H groups in total. The van der Waals surface area contributed by atoms with E-state index in [0.717, 1.165) is 18.7 Å². The highest BCUT2D eigenvalue weighted by atomic mass is 35.5. The molecule has 0 saturated heterocycles. The van der Waals surface area contributed by atoms with Crippen LogP contribution in [0.15, 0.2) is 23.8 Å². The van der Waals surface area contributed by atoms with Crippen LogP contribution < -0.4 is 5.32 Å². The van der Waals surface area contributed by atoms with Gasteiger partial charge < -0.3 is 5.32 Å². The van der Waals surface area contributed by atoms with Gasteiger partial charge in [-0.1, -0.05) is 68.6 Å². The van der Waals surface area contributed by atoms with Crippen molar-refractivity contribution in [2.75, 3.05) is 13.1 Å². The highest BCUT2D eigenvalue weighted by Crippen LogP contribution is 2.27. The Morgan fingerprint density at radius 2 is 1.74 bits per heavy atom. The van der Waals surface area contributed by atoms with Gasteiger partial charge in [0.25, 0.3) is 0 Å². The van der Waals surface area contributed by atoms with Gasteiger partial charge in [0.05, 0.1) is 0 Å². The van der Waals surface area contributed by atoms with Gasteiger partial charge in [-0.15, -0.1) is 0 Å². The van der Waals surface area contributed by atoms with Gasteiger partial charge in [-0.3, -0.25) is 0 Å². The lowest BCUT2D eigenvalue weighted by Crippen LogP contribution is -2.23. The molecule has 19 heavy (non-hydrogen) atoms. The lowest BCUT2D eigenvalue weighted by atomic mass is 10.00. The molecule has 0 bridgehead atoms. The summed E-state index contributed by atoms with van der Waals surface area (Å²) in [5, 5.41) is 4.88. The summed E-state index contributed by atoms with van der Waals surface area (Å²) in [6.45, 7) is 10.7. The summed E-state index contributed by atoms with van der Waals surface area (Å²) in [7, 11) is 0. The van der Waals surface area contributed by atoms with E-state index >= 15 is 0 Å². The second kappa shape index (κ2) is 7.94. The molecule has 0 aliphatic rings. The van der Waals surface area contributed by atoms with Crippen LogP contribution in [0.25, 0.3) is 6.08 Å². The van der Waals surface area contributed by atoms with Gasteiger partial charge in [-0.05, 0) is 30.5 Å². The SMILES string of the molecule is CC(C)CNCC(=Cc1c(Cl)cccc1Cl)C(C)C. The summed E-state index contributed by atoms with van der Waals surface area (Å²) in [4.78, 5) is 0. The van der Waals surface area contributed by atoms with E-state index in [2.05, 4.69) is 39.1 Å². The summed E-state index contributed by atoms with van der Waals surface area (Å²) in [5.74, 6) is 1.12. The van der Waals surface area contributed by atoms with Gasteiger partial charge in [-0.25, -0.2) is 0 Å². The summed E-state index contributed by atoms with van der Waals surface area (Å²) in [6.07, 6.45) is 2.11. The maximum absolute atomic E-state index is 6.21. The molecule has 3 heteroatoms. The van der Waals surface area contributed by atoms with Crippen molar-refractivity contribution in [2.45, 2.75) is 27.7 Å². The monoisotopic (exact) mass is 299 g/mol. The van der Waals surface area contributed by atoms with Crippen molar-refractivity contribution in [1.29, 1.82) is 0 Å². The lowest BCUT2D eigenvalue weighted by Gasteiger charge is -2.15. The van der Waals surface area contributed by atoms with Gasteiger partial charge in [0.2, 0.25) is 0 Å². The normalized spacial score (nSPS) is 12.5. The molecule has 0 aromatic heterocycles. The zero-order chi connectivity index (χ0) is 14.4. The number of rotatable bonds is 6. The Morgan fingerprint density at radius 1 is 1.16 bits per heavy atom. The number of benzene rings is 1. The molecule has 0 fully saturated rings. The van der Waals surface area contributed by atoms with E-state index in [1.165, 1.54) is 5.57 Å². The van der Waals surface area contributed by atoms with Crippen molar-refractivity contribution in [3.63, 3.8) is 0 Å². The Balaban J connectivity index is 2.89. The Morgan fingerprint density at radius 3 is 2.21 bits per heavy atom. The smallest absolute Gasteiger partial charge is 0.0493 e. The standard InChI is InChI=1S/C16H23Cl2N/c1-11(2)9-19-10-13(12(3)4)8-14-15(17)6-5-7-16(14)18/h5-8,11-12,19H,9-10H2,1-4H3. The Bertz CT molecular complexity index is 416. The fourth-order valence-electron chi connectivity index (χ4n) is 1.76. The third kappa shape index (κ3) is 5.56. The second-order valence-electron chi connectivity index (χ2n) is 5.53. The van der Waals surface area contributed by atoms with Crippen LogP contribution >= 0.6 is 23.2 Å². The van der Waals surface area contributed by atoms with Crippen LogP contribution in [-0.2, 0) is 0 Å². The molecule has 0 unspecified atom stereocenters. The minimum atomic E-state index is 0.465. The lowest BCUT2D eigenvalue weighted by molar-refractivity contribution is 0.558. The van der Waals surface area contributed by atoms with Crippen LogP contribution in [0.4, 0.5) is 0 Å². The molecule has 0 spiro atoms. The first-order valence-electron chi connectivity index (χ1n) is 6.77. The molecule has 1 aromatic carbocycles. The Labute approximate surface area is 127 Å². The van der Waals surface area contributed by atoms with Crippen LogP contribution in [-0.4, -0.2) is 13.1 Å². The van der Waals surface area contributed by atoms with Crippen molar-refractivity contribution in [3.8, 4) is 0 Å². The minimum absolute atomic E-state index is 0.465. The molecule has 0 aliphatic carbocycles. The van der Waals surface area contributed by atoms with Gasteiger partial charge >= 0.3 is 0 Å². The van der Waals surface area contributed by atoms with E-state index in [4.69, 9.17) is 23.2 Å². The van der Waals surface area contributed by atoms with Crippen molar-refractivity contribution in [3.05, 3.63) is 39.4 Å². The molecular weight excluding hydrogens is 277 g/mol. The number of hydrogen-bond donors (Lipinski definition) is 1. The van der Waals surface area contributed by atoms with Crippen LogP contribution in [0.1, 0.15) is 33.3 Å². The van der Waals surface area contributed by atoms with E-state index in [9.17, 15) is 0 Å². The summed E-state index contributed by atoms with van der Waals surface area (Å²) in [6, 6.07) is 5.62. The molecule has 1 nitrogen and oxygen atoms in total. The van der Waals surface area contributed by atoms with Crippen LogP contribution in [0.2, 0.25) is 10.0 Å². The molecule has 1 aromatic rings. The minimum Gasteiger partial charge on any atom is -0.313 e. The molecule has 0 saturated carbocycles. The van der Waals surface area contributed by atoms with Gasteiger partial charge in [-0.2, -0.15) is 0 Å². The van der Waals surface area contributed by atoms with E-state index in [-0.39, 0.29) is 0 Å². The summed E-state index contributed by atoms with van der Waals surface area (Å²) in [5.41, 5.74) is 2.23. The van der Waals surface area contributed by atoms with E-state index in [1.807, 2.05) is 18.2 Å². The molecular formula is C16H23Cl2N. The van der Waals surface area contributed by atoms with Crippen LogP contribution in [0, 0.1) is 11.8 Å².